The molecule has 1 aliphatic heterocycles. The van der Waals surface area contributed by atoms with E-state index in [1.165, 1.54) is 58.3 Å². The van der Waals surface area contributed by atoms with Crippen molar-refractivity contribution < 1.29 is 0 Å². The highest BCUT2D eigenvalue weighted by Crippen LogP contribution is 2.19. The van der Waals surface area contributed by atoms with Gasteiger partial charge in [0, 0.05) is 6.04 Å². The Morgan fingerprint density at radius 2 is 1.94 bits per heavy atom. The van der Waals surface area contributed by atoms with Crippen LogP contribution in [0.2, 0.25) is 0 Å². The zero-order valence-electron chi connectivity index (χ0n) is 11.5. The first-order valence-corrected chi connectivity index (χ1v) is 7.18. The van der Waals surface area contributed by atoms with Crippen LogP contribution in [0.25, 0.3) is 0 Å². The smallest absolute Gasteiger partial charge is 0.00674 e. The molecule has 2 heteroatoms. The largest absolute Gasteiger partial charge is 0.317 e. The van der Waals surface area contributed by atoms with Gasteiger partial charge in [-0.05, 0) is 71.1 Å². The van der Waals surface area contributed by atoms with Gasteiger partial charge in [0.05, 0.1) is 0 Å². The van der Waals surface area contributed by atoms with Crippen molar-refractivity contribution in [3.05, 3.63) is 0 Å². The second-order valence-corrected chi connectivity index (χ2v) is 5.46. The summed E-state index contributed by atoms with van der Waals surface area (Å²) in [5, 5.41) is 3.48. The molecule has 16 heavy (non-hydrogen) atoms. The topological polar surface area (TPSA) is 15.3 Å². The zero-order chi connectivity index (χ0) is 11.8. The molecule has 1 atom stereocenters. The highest BCUT2D eigenvalue weighted by molar-refractivity contribution is 4.74. The molecule has 0 aromatic heterocycles. The van der Waals surface area contributed by atoms with Crippen LogP contribution in [0.5, 0.6) is 0 Å². The summed E-state index contributed by atoms with van der Waals surface area (Å²) in [6.45, 7) is 12.0. The number of piperidine rings is 1. The summed E-state index contributed by atoms with van der Waals surface area (Å²) in [6.07, 6.45) is 6.73. The van der Waals surface area contributed by atoms with Crippen LogP contribution in [0.4, 0.5) is 0 Å². The van der Waals surface area contributed by atoms with Crippen molar-refractivity contribution in [1.29, 1.82) is 0 Å². The van der Waals surface area contributed by atoms with Gasteiger partial charge in [-0.1, -0.05) is 13.8 Å². The van der Waals surface area contributed by atoms with E-state index >= 15 is 0 Å². The Morgan fingerprint density at radius 1 is 1.25 bits per heavy atom. The molecule has 1 aliphatic rings. The van der Waals surface area contributed by atoms with Crippen LogP contribution < -0.4 is 5.32 Å². The Balaban J connectivity index is 2.03. The molecule has 1 saturated heterocycles. The third kappa shape index (κ3) is 5.31. The first-order chi connectivity index (χ1) is 7.74. The molecular weight excluding hydrogens is 196 g/mol. The van der Waals surface area contributed by atoms with E-state index in [0.717, 1.165) is 12.0 Å². The minimum Gasteiger partial charge on any atom is -0.317 e. The maximum Gasteiger partial charge on any atom is 0.00674 e. The lowest BCUT2D eigenvalue weighted by molar-refractivity contribution is 0.139. The maximum atomic E-state index is 3.48. The van der Waals surface area contributed by atoms with E-state index in [2.05, 4.69) is 31.0 Å². The van der Waals surface area contributed by atoms with Crippen molar-refractivity contribution in [2.24, 2.45) is 5.92 Å². The molecule has 2 nitrogen and oxygen atoms in total. The molecule has 0 aliphatic carbocycles. The average Bonchev–Trinajstić information content (AvgIpc) is 2.29. The fourth-order valence-corrected chi connectivity index (χ4v) is 2.48. The highest BCUT2D eigenvalue weighted by Gasteiger charge is 2.19. The number of rotatable bonds is 7. The third-order valence-corrected chi connectivity index (χ3v) is 3.84. The molecule has 1 rings (SSSR count). The van der Waals surface area contributed by atoms with Gasteiger partial charge >= 0.3 is 0 Å². The van der Waals surface area contributed by atoms with E-state index in [1.54, 1.807) is 0 Å². The normalized spacial score (nSPS) is 21.2. The summed E-state index contributed by atoms with van der Waals surface area (Å²) in [7, 11) is 0. The van der Waals surface area contributed by atoms with E-state index in [0.29, 0.717) is 0 Å². The molecule has 0 bridgehead atoms. The van der Waals surface area contributed by atoms with Crippen molar-refractivity contribution >= 4 is 0 Å². The fourth-order valence-electron chi connectivity index (χ4n) is 2.48. The number of hydrogen-bond acceptors (Lipinski definition) is 2. The SMILES string of the molecule is CCCNCCCC(C)N1CCC(C)CC1. The molecule has 96 valence electrons. The minimum atomic E-state index is 0.788. The van der Waals surface area contributed by atoms with Crippen LogP contribution >= 0.6 is 0 Å². The second-order valence-electron chi connectivity index (χ2n) is 5.46. The number of likely N-dealkylation sites (tertiary alicyclic amines) is 1. The summed E-state index contributed by atoms with van der Waals surface area (Å²) in [6, 6.07) is 0.788. The van der Waals surface area contributed by atoms with Gasteiger partial charge < -0.3 is 10.2 Å². The summed E-state index contributed by atoms with van der Waals surface area (Å²) in [5.41, 5.74) is 0. The molecule has 0 aromatic rings. The number of nitrogens with one attached hydrogen (secondary N) is 1. The summed E-state index contributed by atoms with van der Waals surface area (Å²) < 4.78 is 0. The van der Waals surface area contributed by atoms with Crippen LogP contribution in [-0.4, -0.2) is 37.1 Å². The summed E-state index contributed by atoms with van der Waals surface area (Å²) in [5.74, 6) is 0.953. The van der Waals surface area contributed by atoms with Crippen molar-refractivity contribution in [2.45, 2.75) is 58.9 Å². The van der Waals surface area contributed by atoms with E-state index in [4.69, 9.17) is 0 Å². The van der Waals surface area contributed by atoms with Gasteiger partial charge in [-0.15, -0.1) is 0 Å². The van der Waals surface area contributed by atoms with Gasteiger partial charge in [0.15, 0.2) is 0 Å². The van der Waals surface area contributed by atoms with E-state index in [-0.39, 0.29) is 0 Å². The molecule has 0 amide bonds. The minimum absolute atomic E-state index is 0.788. The van der Waals surface area contributed by atoms with Crippen molar-refractivity contribution in [3.63, 3.8) is 0 Å². The van der Waals surface area contributed by atoms with Crippen LogP contribution in [0, 0.1) is 5.92 Å². The van der Waals surface area contributed by atoms with Crippen LogP contribution in [0.15, 0.2) is 0 Å². The fraction of sp³-hybridized carbons (Fsp3) is 1.00. The Hall–Kier alpha value is -0.0800. The van der Waals surface area contributed by atoms with Crippen LogP contribution in [-0.2, 0) is 0 Å². The van der Waals surface area contributed by atoms with Crippen molar-refractivity contribution in [1.82, 2.24) is 10.2 Å². The second kappa shape index (κ2) is 8.08. The molecule has 0 spiro atoms. The Morgan fingerprint density at radius 3 is 2.56 bits per heavy atom. The lowest BCUT2D eigenvalue weighted by Gasteiger charge is -2.35. The maximum absolute atomic E-state index is 3.48. The Bertz CT molecular complexity index is 162. The standard InChI is InChI=1S/C14H30N2/c1-4-9-15-10-5-6-14(3)16-11-7-13(2)8-12-16/h13-15H,4-12H2,1-3H3. The van der Waals surface area contributed by atoms with E-state index in [1.807, 2.05) is 0 Å². The summed E-state index contributed by atoms with van der Waals surface area (Å²) >= 11 is 0. The quantitative estimate of drug-likeness (QED) is 0.672. The van der Waals surface area contributed by atoms with Crippen molar-refractivity contribution in [2.75, 3.05) is 26.2 Å². The predicted molar refractivity (Wildman–Crippen MR) is 71.8 cm³/mol. The van der Waals surface area contributed by atoms with Gasteiger partial charge in [-0.3, -0.25) is 0 Å². The molecule has 0 saturated carbocycles. The molecule has 1 N–H and O–H groups in total. The van der Waals surface area contributed by atoms with Gasteiger partial charge in [0.1, 0.15) is 0 Å². The van der Waals surface area contributed by atoms with Crippen LogP contribution in [0.3, 0.4) is 0 Å². The van der Waals surface area contributed by atoms with Gasteiger partial charge in [-0.25, -0.2) is 0 Å². The molecule has 1 unspecified atom stereocenters. The third-order valence-electron chi connectivity index (χ3n) is 3.84. The predicted octanol–water partition coefficient (Wildman–Crippen LogP) is 2.89. The van der Waals surface area contributed by atoms with Gasteiger partial charge in [0.25, 0.3) is 0 Å². The first-order valence-electron chi connectivity index (χ1n) is 7.18. The summed E-state index contributed by atoms with van der Waals surface area (Å²) in [4.78, 5) is 2.68. The lowest BCUT2D eigenvalue weighted by atomic mass is 9.97. The van der Waals surface area contributed by atoms with Crippen LogP contribution in [0.1, 0.15) is 52.9 Å². The lowest BCUT2D eigenvalue weighted by Crippen LogP contribution is -2.39. The average molecular weight is 226 g/mol. The van der Waals surface area contributed by atoms with E-state index < -0.39 is 0 Å². The number of hydrogen-bond donors (Lipinski definition) is 1. The van der Waals surface area contributed by atoms with Gasteiger partial charge in [-0.2, -0.15) is 0 Å². The number of nitrogens with zero attached hydrogens (tertiary/aromatic N) is 1. The molecule has 1 heterocycles. The zero-order valence-corrected chi connectivity index (χ0v) is 11.5. The molecule has 0 aromatic carbocycles. The monoisotopic (exact) mass is 226 g/mol. The first kappa shape index (κ1) is 14.0. The Kier molecular flexibility index (Phi) is 7.06. The molecule has 0 radical (unpaired) electrons. The van der Waals surface area contributed by atoms with Gasteiger partial charge in [0.2, 0.25) is 0 Å². The molecular formula is C14H30N2. The van der Waals surface area contributed by atoms with E-state index in [9.17, 15) is 0 Å². The van der Waals surface area contributed by atoms with Crippen molar-refractivity contribution in [3.8, 4) is 0 Å². The molecule has 1 fully saturated rings. The Labute approximate surface area is 102 Å². The highest BCUT2D eigenvalue weighted by atomic mass is 15.2.